The number of hydrogen-bond donors (Lipinski definition) is 1. The van der Waals surface area contributed by atoms with Gasteiger partial charge in [-0.15, -0.1) is 5.10 Å². The number of aliphatic hydroxyl groups is 1. The first-order chi connectivity index (χ1) is 39.9. The number of nitrogens with zero attached hydrogens (tertiary/aromatic N) is 3. The average Bonchev–Trinajstić information content (AvgIpc) is 4.04. The monoisotopic (exact) mass is 1110 g/mol. The first-order valence-electron chi connectivity index (χ1n) is 27.2. The summed E-state index contributed by atoms with van der Waals surface area (Å²) in [5, 5.41) is 21.1. The summed E-state index contributed by atoms with van der Waals surface area (Å²) in [6.45, 7) is 1.75. The van der Waals surface area contributed by atoms with Crippen LogP contribution in [0, 0.1) is 0 Å². The summed E-state index contributed by atoms with van der Waals surface area (Å²) in [7, 11) is 1.50. The number of hydrogen-bond acceptors (Lipinski definition) is 15. The summed E-state index contributed by atoms with van der Waals surface area (Å²) in [4.78, 5) is 14.0. The first-order valence-corrected chi connectivity index (χ1v) is 28.0. The van der Waals surface area contributed by atoms with Crippen molar-refractivity contribution < 1.29 is 57.3 Å². The number of carbonyl (C=O) groups excluding carboxylic acids is 1. The molecule has 1 aromatic heterocycles. The van der Waals surface area contributed by atoms with Gasteiger partial charge >= 0.3 is 5.97 Å². The van der Waals surface area contributed by atoms with E-state index in [-0.39, 0.29) is 33.0 Å². The van der Waals surface area contributed by atoms with Gasteiger partial charge in [0.15, 0.2) is 6.29 Å². The van der Waals surface area contributed by atoms with Crippen molar-refractivity contribution in [3.05, 3.63) is 257 Å². The average molecular weight is 1110 g/mol. The van der Waals surface area contributed by atoms with Crippen molar-refractivity contribution >= 4 is 17.7 Å². The highest BCUT2D eigenvalue weighted by molar-refractivity contribution is 7.99. The van der Waals surface area contributed by atoms with Crippen LogP contribution in [0.1, 0.15) is 49.4 Å². The molecule has 0 saturated carbocycles. The van der Waals surface area contributed by atoms with Crippen LogP contribution in [0.2, 0.25) is 0 Å². The largest absolute Gasteiger partial charge is 0.459 e. The van der Waals surface area contributed by atoms with E-state index in [4.69, 9.17) is 47.4 Å². The van der Waals surface area contributed by atoms with Gasteiger partial charge in [0.25, 0.3) is 0 Å². The van der Waals surface area contributed by atoms with Crippen LogP contribution in [-0.4, -0.2) is 107 Å². The molecule has 420 valence electrons. The number of thioether (sulfide) groups is 1. The van der Waals surface area contributed by atoms with E-state index in [2.05, 4.69) is 22.4 Å². The van der Waals surface area contributed by atoms with Gasteiger partial charge in [-0.1, -0.05) is 199 Å². The highest BCUT2D eigenvalue weighted by atomic mass is 32.2. The van der Waals surface area contributed by atoms with Gasteiger partial charge in [0.1, 0.15) is 66.6 Å². The molecule has 0 unspecified atom stereocenters. The lowest BCUT2D eigenvalue weighted by molar-refractivity contribution is -0.313. The summed E-state index contributed by atoms with van der Waals surface area (Å²) < 4.78 is 66.9. The standard InChI is InChI=1S/C65H67N3O12S/c1-71-64-61(75-41-49-28-14-5-15-29-49)59(57(69)55(79-64)45-78-63(70)50-30-16-6-17-31-50)76-42-52-33-21-20-32-51(52)36-68-37-53(66-67-68)43-77-62-60(74-40-48-26-12-4-13-27-48)58(73-39-47-24-10-3-11-25-47)56(44-72-38-46-22-8-2-9-23-46)80-65(62)81-54-34-18-7-19-35-54/h2-35,37,55-62,64-65,69H,36,38-45H2,1H3/t55-,56-,57-,58-,59+,60+,61-,62-,64+,65+/m1/s1. The second kappa shape index (κ2) is 29.7. The molecule has 3 heterocycles. The van der Waals surface area contributed by atoms with Crippen molar-refractivity contribution in [2.45, 2.75) is 112 Å². The molecule has 0 aliphatic carbocycles. The number of esters is 1. The molecule has 8 aromatic rings. The van der Waals surface area contributed by atoms with Crippen LogP contribution in [-0.2, 0) is 93.6 Å². The van der Waals surface area contributed by atoms with Gasteiger partial charge in [-0.25, -0.2) is 9.48 Å². The zero-order valence-corrected chi connectivity index (χ0v) is 45.8. The Morgan fingerprint density at radius 2 is 1.02 bits per heavy atom. The van der Waals surface area contributed by atoms with Crippen molar-refractivity contribution in [3.63, 3.8) is 0 Å². The highest BCUT2D eigenvalue weighted by Crippen LogP contribution is 2.39. The van der Waals surface area contributed by atoms with Gasteiger partial charge in [0.2, 0.25) is 0 Å². The number of benzene rings is 7. The Labute approximate surface area is 476 Å². The van der Waals surface area contributed by atoms with Gasteiger partial charge in [-0.3, -0.25) is 0 Å². The Hall–Kier alpha value is -6.90. The van der Waals surface area contributed by atoms with E-state index in [0.717, 1.165) is 38.3 Å². The summed E-state index contributed by atoms with van der Waals surface area (Å²) in [6.07, 6.45) is -5.55. The van der Waals surface area contributed by atoms with Crippen LogP contribution >= 0.6 is 11.8 Å². The molecule has 0 spiro atoms. The molecule has 16 heteroatoms. The molecule has 2 fully saturated rings. The minimum absolute atomic E-state index is 0.0824. The van der Waals surface area contributed by atoms with E-state index >= 15 is 0 Å². The van der Waals surface area contributed by atoms with Gasteiger partial charge in [0, 0.05) is 12.0 Å². The topological polar surface area (TPSA) is 160 Å². The maximum Gasteiger partial charge on any atom is 0.338 e. The lowest BCUT2D eigenvalue weighted by Crippen LogP contribution is -2.60. The summed E-state index contributed by atoms with van der Waals surface area (Å²) >= 11 is 1.56. The Kier molecular flexibility index (Phi) is 21.0. The Balaban J connectivity index is 0.864. The lowest BCUT2D eigenvalue weighted by atomic mass is 9.98. The molecule has 2 saturated heterocycles. The minimum Gasteiger partial charge on any atom is -0.459 e. The molecule has 0 amide bonds. The highest BCUT2D eigenvalue weighted by Gasteiger charge is 2.50. The zero-order chi connectivity index (χ0) is 55.4. The molecule has 1 N–H and O–H groups in total. The summed E-state index contributed by atoms with van der Waals surface area (Å²) in [5.74, 6) is -0.546. The second-order valence-electron chi connectivity index (χ2n) is 19.7. The number of aromatic nitrogens is 3. The maximum atomic E-state index is 13.0. The smallest absolute Gasteiger partial charge is 0.338 e. The third-order valence-corrected chi connectivity index (χ3v) is 15.1. The minimum atomic E-state index is -1.26. The van der Waals surface area contributed by atoms with E-state index in [0.29, 0.717) is 37.6 Å². The van der Waals surface area contributed by atoms with Crippen LogP contribution in [0.15, 0.2) is 217 Å². The molecular formula is C65H67N3O12S. The van der Waals surface area contributed by atoms with Crippen LogP contribution in [0.25, 0.3) is 0 Å². The quantitative estimate of drug-likeness (QED) is 0.0484. The molecule has 0 bridgehead atoms. The zero-order valence-electron chi connectivity index (χ0n) is 45.0. The van der Waals surface area contributed by atoms with Gasteiger partial charge in [-0.05, 0) is 57.6 Å². The number of rotatable bonds is 27. The Bertz CT molecular complexity index is 3100. The van der Waals surface area contributed by atoms with E-state index in [1.165, 1.54) is 7.11 Å². The summed E-state index contributed by atoms with van der Waals surface area (Å²) in [6, 6.07) is 66.5. The second-order valence-corrected chi connectivity index (χ2v) is 20.9. The van der Waals surface area contributed by atoms with E-state index in [9.17, 15) is 9.90 Å². The van der Waals surface area contributed by atoms with Crippen LogP contribution in [0.3, 0.4) is 0 Å². The fourth-order valence-electron chi connectivity index (χ4n) is 9.75. The number of carbonyl (C=O) groups is 1. The first kappa shape index (κ1) is 57.3. The Morgan fingerprint density at radius 1 is 0.519 bits per heavy atom. The molecular weight excluding hydrogens is 1050 g/mol. The van der Waals surface area contributed by atoms with Gasteiger partial charge < -0.3 is 52.5 Å². The molecule has 0 radical (unpaired) electrons. The van der Waals surface area contributed by atoms with Crippen molar-refractivity contribution in [1.29, 1.82) is 0 Å². The third kappa shape index (κ3) is 16.2. The normalized spacial score (nSPS) is 22.7. The molecule has 81 heavy (non-hydrogen) atoms. The molecule has 2 aliphatic rings. The molecule has 10 atom stereocenters. The maximum absolute atomic E-state index is 13.0. The third-order valence-electron chi connectivity index (χ3n) is 14.0. The van der Waals surface area contributed by atoms with Crippen molar-refractivity contribution in [2.24, 2.45) is 0 Å². The van der Waals surface area contributed by atoms with E-state index < -0.39 is 66.5 Å². The van der Waals surface area contributed by atoms with Crippen molar-refractivity contribution in [3.8, 4) is 0 Å². The number of ether oxygens (including phenoxy) is 10. The lowest BCUT2D eigenvalue weighted by Gasteiger charge is -2.46. The number of methoxy groups -OCH3 is 1. The van der Waals surface area contributed by atoms with Gasteiger partial charge in [0.05, 0.1) is 64.6 Å². The molecule has 15 nitrogen and oxygen atoms in total. The fourth-order valence-corrected chi connectivity index (χ4v) is 10.9. The molecule has 7 aromatic carbocycles. The predicted octanol–water partition coefficient (Wildman–Crippen LogP) is 10.2. The van der Waals surface area contributed by atoms with Crippen LogP contribution in [0.5, 0.6) is 0 Å². The molecule has 2 aliphatic heterocycles. The van der Waals surface area contributed by atoms with Crippen molar-refractivity contribution in [1.82, 2.24) is 15.0 Å². The Morgan fingerprint density at radius 3 is 1.63 bits per heavy atom. The summed E-state index contributed by atoms with van der Waals surface area (Å²) in [5.41, 5.74) is 6.16. The van der Waals surface area contributed by atoms with Crippen molar-refractivity contribution in [2.75, 3.05) is 20.3 Å². The molecule has 10 rings (SSSR count). The van der Waals surface area contributed by atoms with E-state index in [1.807, 2.05) is 176 Å². The SMILES string of the molecule is CO[C@H]1O[C@H](COC(=O)c2ccccc2)[C@@H](O)[C@H](OCc2ccccc2Cn2cc(CO[C@@H]3[C@@H](OCc4ccccc4)[C@H](OCc4ccccc4)[C@@H](COCc4ccccc4)O[C@H]3Sc3ccccc3)nn2)[C@H]1OCc1ccccc1. The van der Waals surface area contributed by atoms with E-state index in [1.54, 1.807) is 40.7 Å². The van der Waals surface area contributed by atoms with Gasteiger partial charge in [-0.2, -0.15) is 0 Å². The van der Waals surface area contributed by atoms with Crippen LogP contribution < -0.4 is 0 Å². The number of aliphatic hydroxyl groups excluding tert-OH is 1. The predicted molar refractivity (Wildman–Crippen MR) is 303 cm³/mol. The fraction of sp³-hybridized carbons (Fsp3) is 0.308. The van der Waals surface area contributed by atoms with Crippen LogP contribution in [0.4, 0.5) is 0 Å².